The normalized spacial score (nSPS) is 21.5. The van der Waals surface area contributed by atoms with Gasteiger partial charge in [0.2, 0.25) is 0 Å². The quantitative estimate of drug-likeness (QED) is 0.925. The molecular formula is C15H23BrN2O. The van der Waals surface area contributed by atoms with Crippen molar-refractivity contribution < 1.29 is 5.11 Å². The average molecular weight is 327 g/mol. The number of halogens is 1. The lowest BCUT2D eigenvalue weighted by Crippen LogP contribution is -2.41. The van der Waals surface area contributed by atoms with Gasteiger partial charge in [-0.2, -0.15) is 0 Å². The van der Waals surface area contributed by atoms with Crippen LogP contribution in [0.3, 0.4) is 0 Å². The van der Waals surface area contributed by atoms with Crippen molar-refractivity contribution in [2.24, 2.45) is 0 Å². The van der Waals surface area contributed by atoms with Gasteiger partial charge in [-0.05, 0) is 51.1 Å². The molecule has 0 amide bonds. The molecule has 3 nitrogen and oxygen atoms in total. The van der Waals surface area contributed by atoms with Gasteiger partial charge >= 0.3 is 0 Å². The zero-order chi connectivity index (χ0) is 13.8. The van der Waals surface area contributed by atoms with E-state index in [0.29, 0.717) is 6.04 Å². The Morgan fingerprint density at radius 1 is 1.37 bits per heavy atom. The number of anilines is 1. The first-order valence-corrected chi connectivity index (χ1v) is 7.73. The number of nitrogens with zero attached hydrogens (tertiary/aromatic N) is 2. The highest BCUT2D eigenvalue weighted by Crippen LogP contribution is 2.27. The maximum atomic E-state index is 9.31. The fourth-order valence-electron chi connectivity index (χ4n) is 2.74. The van der Waals surface area contributed by atoms with Gasteiger partial charge in [0.05, 0.1) is 0 Å². The molecule has 0 saturated carbocycles. The van der Waals surface area contributed by atoms with Gasteiger partial charge in [0.25, 0.3) is 0 Å². The first-order chi connectivity index (χ1) is 9.11. The third-order valence-electron chi connectivity index (χ3n) is 3.85. The van der Waals surface area contributed by atoms with Crippen molar-refractivity contribution in [3.8, 4) is 0 Å². The first kappa shape index (κ1) is 14.8. The highest BCUT2D eigenvalue weighted by molar-refractivity contribution is 9.10. The summed E-state index contributed by atoms with van der Waals surface area (Å²) in [7, 11) is 2.17. The lowest BCUT2D eigenvalue weighted by Gasteiger charge is -2.33. The topological polar surface area (TPSA) is 26.7 Å². The summed E-state index contributed by atoms with van der Waals surface area (Å²) in [5.74, 6) is 0. The van der Waals surface area contributed by atoms with E-state index < -0.39 is 0 Å². The second-order valence-corrected chi connectivity index (χ2v) is 6.26. The number of likely N-dealkylation sites (N-methyl/N-ethyl adjacent to an activating group) is 1. The first-order valence-electron chi connectivity index (χ1n) is 6.94. The van der Waals surface area contributed by atoms with Crippen LogP contribution in [-0.2, 0) is 0 Å². The number of aliphatic hydroxyl groups excluding tert-OH is 1. The highest BCUT2D eigenvalue weighted by atomic mass is 79.9. The van der Waals surface area contributed by atoms with E-state index in [9.17, 15) is 5.11 Å². The molecule has 1 aliphatic heterocycles. The highest BCUT2D eigenvalue weighted by Gasteiger charge is 2.23. The molecule has 0 radical (unpaired) electrons. The summed E-state index contributed by atoms with van der Waals surface area (Å²) < 4.78 is 1.16. The summed E-state index contributed by atoms with van der Waals surface area (Å²) in [6.07, 6.45) is 2.00. The SMILES string of the molecule is Cc1ccc(N2CCCN(C)CC2CCO)cc1Br. The number of aryl methyl sites for hydroxylation is 1. The van der Waals surface area contributed by atoms with E-state index in [-0.39, 0.29) is 6.61 Å². The van der Waals surface area contributed by atoms with Gasteiger partial charge in [0.1, 0.15) is 0 Å². The molecule has 0 aliphatic carbocycles. The van der Waals surface area contributed by atoms with E-state index in [4.69, 9.17) is 0 Å². The maximum Gasteiger partial charge on any atom is 0.0451 e. The van der Waals surface area contributed by atoms with Gasteiger partial charge in [-0.1, -0.05) is 22.0 Å². The Kier molecular flexibility index (Phi) is 5.25. The minimum atomic E-state index is 0.252. The van der Waals surface area contributed by atoms with Gasteiger partial charge < -0.3 is 14.9 Å². The van der Waals surface area contributed by atoms with E-state index in [1.165, 1.54) is 17.7 Å². The lowest BCUT2D eigenvalue weighted by atomic mass is 10.1. The van der Waals surface area contributed by atoms with E-state index in [1.807, 2.05) is 0 Å². The van der Waals surface area contributed by atoms with Crippen LogP contribution in [0.1, 0.15) is 18.4 Å². The largest absolute Gasteiger partial charge is 0.396 e. The minimum absolute atomic E-state index is 0.252. The molecule has 0 bridgehead atoms. The van der Waals surface area contributed by atoms with Crippen LogP contribution in [0, 0.1) is 6.92 Å². The van der Waals surface area contributed by atoms with Crippen LogP contribution in [0.2, 0.25) is 0 Å². The Labute approximate surface area is 124 Å². The number of benzene rings is 1. The van der Waals surface area contributed by atoms with Crippen LogP contribution < -0.4 is 4.90 Å². The summed E-state index contributed by atoms with van der Waals surface area (Å²) in [5, 5.41) is 9.31. The monoisotopic (exact) mass is 326 g/mol. The number of hydrogen-bond donors (Lipinski definition) is 1. The van der Waals surface area contributed by atoms with Crippen molar-refractivity contribution in [3.05, 3.63) is 28.2 Å². The van der Waals surface area contributed by atoms with Gasteiger partial charge in [0.15, 0.2) is 0 Å². The minimum Gasteiger partial charge on any atom is -0.396 e. The van der Waals surface area contributed by atoms with Crippen LogP contribution >= 0.6 is 15.9 Å². The number of hydrogen-bond acceptors (Lipinski definition) is 3. The van der Waals surface area contributed by atoms with Crippen molar-refractivity contribution in [2.75, 3.05) is 38.2 Å². The molecule has 19 heavy (non-hydrogen) atoms. The van der Waals surface area contributed by atoms with Gasteiger partial charge in [-0.3, -0.25) is 0 Å². The van der Waals surface area contributed by atoms with Crippen LogP contribution in [0.5, 0.6) is 0 Å². The number of aliphatic hydroxyl groups is 1. The predicted molar refractivity (Wildman–Crippen MR) is 83.8 cm³/mol. The molecule has 1 heterocycles. The van der Waals surface area contributed by atoms with Gasteiger partial charge in [-0.25, -0.2) is 0 Å². The van der Waals surface area contributed by atoms with Crippen molar-refractivity contribution >= 4 is 21.6 Å². The van der Waals surface area contributed by atoms with Crippen molar-refractivity contribution in [2.45, 2.75) is 25.8 Å². The fraction of sp³-hybridized carbons (Fsp3) is 0.600. The smallest absolute Gasteiger partial charge is 0.0451 e. The van der Waals surface area contributed by atoms with Gasteiger partial charge in [0, 0.05) is 35.9 Å². The summed E-state index contributed by atoms with van der Waals surface area (Å²) in [6, 6.07) is 6.94. The third-order valence-corrected chi connectivity index (χ3v) is 4.71. The molecule has 1 fully saturated rings. The maximum absolute atomic E-state index is 9.31. The molecule has 1 unspecified atom stereocenters. The fourth-order valence-corrected chi connectivity index (χ4v) is 3.11. The molecule has 4 heteroatoms. The molecule has 2 rings (SSSR count). The van der Waals surface area contributed by atoms with Crippen molar-refractivity contribution in [1.29, 1.82) is 0 Å². The molecule has 1 N–H and O–H groups in total. The summed E-state index contributed by atoms with van der Waals surface area (Å²) in [5.41, 5.74) is 2.51. The molecule has 106 valence electrons. The van der Waals surface area contributed by atoms with Gasteiger partial charge in [-0.15, -0.1) is 0 Å². The Balaban J connectivity index is 2.24. The molecule has 0 spiro atoms. The Morgan fingerprint density at radius 3 is 2.84 bits per heavy atom. The molecule has 1 atom stereocenters. The van der Waals surface area contributed by atoms with Crippen LogP contribution in [0.4, 0.5) is 5.69 Å². The molecule has 1 aromatic carbocycles. The Morgan fingerprint density at radius 2 is 2.16 bits per heavy atom. The van der Waals surface area contributed by atoms with E-state index in [2.05, 4.69) is 57.9 Å². The molecule has 1 aromatic rings. The second-order valence-electron chi connectivity index (χ2n) is 5.41. The van der Waals surface area contributed by atoms with Crippen LogP contribution in [0.25, 0.3) is 0 Å². The van der Waals surface area contributed by atoms with Crippen molar-refractivity contribution in [3.63, 3.8) is 0 Å². The summed E-state index contributed by atoms with van der Waals surface area (Å²) in [4.78, 5) is 4.81. The van der Waals surface area contributed by atoms with Crippen LogP contribution in [-0.4, -0.2) is 49.3 Å². The van der Waals surface area contributed by atoms with E-state index in [1.54, 1.807) is 0 Å². The second kappa shape index (κ2) is 6.73. The van der Waals surface area contributed by atoms with Crippen molar-refractivity contribution in [1.82, 2.24) is 4.90 Å². The summed E-state index contributed by atoms with van der Waals surface area (Å²) in [6.45, 7) is 5.57. The zero-order valence-corrected chi connectivity index (χ0v) is 13.4. The van der Waals surface area contributed by atoms with E-state index in [0.717, 1.165) is 30.5 Å². The van der Waals surface area contributed by atoms with E-state index >= 15 is 0 Å². The Hall–Kier alpha value is -0.580. The average Bonchev–Trinajstić information content (AvgIpc) is 2.55. The summed E-state index contributed by atoms with van der Waals surface area (Å²) >= 11 is 3.62. The third kappa shape index (κ3) is 3.71. The standard InChI is InChI=1S/C15H23BrN2O/c1-12-4-5-13(10-15(12)16)18-8-3-7-17(2)11-14(18)6-9-19/h4-5,10,14,19H,3,6-9,11H2,1-2H3. The predicted octanol–water partition coefficient (Wildman–Crippen LogP) is 2.65. The molecule has 1 saturated heterocycles. The Bertz CT molecular complexity index is 425. The molecule has 0 aromatic heterocycles. The van der Waals surface area contributed by atoms with Crippen LogP contribution in [0.15, 0.2) is 22.7 Å². The molecule has 1 aliphatic rings. The zero-order valence-electron chi connectivity index (χ0n) is 11.8. The number of rotatable bonds is 3. The lowest BCUT2D eigenvalue weighted by molar-refractivity contribution is 0.253. The molecular weight excluding hydrogens is 304 g/mol.